The maximum atomic E-state index is 11.7. The van der Waals surface area contributed by atoms with E-state index in [0.717, 1.165) is 37.7 Å². The van der Waals surface area contributed by atoms with E-state index in [2.05, 4.69) is 33.5 Å². The third kappa shape index (κ3) is 4.83. The maximum absolute atomic E-state index is 11.7. The van der Waals surface area contributed by atoms with Gasteiger partial charge in [0.2, 0.25) is 5.91 Å². The molecule has 0 aromatic carbocycles. The van der Waals surface area contributed by atoms with E-state index in [1.54, 1.807) is 0 Å². The molecule has 1 heterocycles. The summed E-state index contributed by atoms with van der Waals surface area (Å²) < 4.78 is 0. The first-order chi connectivity index (χ1) is 7.77. The van der Waals surface area contributed by atoms with Gasteiger partial charge in [0.1, 0.15) is 0 Å². The van der Waals surface area contributed by atoms with Gasteiger partial charge < -0.3 is 10.6 Å². The first kappa shape index (κ1) is 14.0. The second kappa shape index (κ2) is 8.07. The van der Waals surface area contributed by atoms with Crippen molar-refractivity contribution in [3.8, 4) is 0 Å². The second-order valence-electron chi connectivity index (χ2n) is 4.48. The summed E-state index contributed by atoms with van der Waals surface area (Å²) in [6.45, 7) is 4.23. The molecule has 16 heavy (non-hydrogen) atoms. The van der Waals surface area contributed by atoms with Gasteiger partial charge in [-0.2, -0.15) is 0 Å². The Bertz CT molecular complexity index is 211. The minimum absolute atomic E-state index is 0.216. The third-order valence-corrected chi connectivity index (χ3v) is 3.84. The number of amides is 1. The van der Waals surface area contributed by atoms with E-state index in [0.29, 0.717) is 18.4 Å². The van der Waals surface area contributed by atoms with Crippen LogP contribution in [0, 0.1) is 5.92 Å². The van der Waals surface area contributed by atoms with E-state index in [4.69, 9.17) is 0 Å². The largest absolute Gasteiger partial charge is 0.352 e. The van der Waals surface area contributed by atoms with Crippen molar-refractivity contribution in [2.24, 2.45) is 5.92 Å². The number of alkyl halides is 1. The number of unbranched alkanes of at least 4 members (excludes halogenated alkanes) is 1. The zero-order valence-corrected chi connectivity index (χ0v) is 11.7. The molecule has 0 bridgehead atoms. The van der Waals surface area contributed by atoms with E-state index in [1.807, 2.05) is 0 Å². The highest BCUT2D eigenvalue weighted by atomic mass is 79.9. The van der Waals surface area contributed by atoms with Crippen molar-refractivity contribution >= 4 is 21.8 Å². The van der Waals surface area contributed by atoms with Gasteiger partial charge in [-0.05, 0) is 31.7 Å². The average Bonchev–Trinajstić information content (AvgIpc) is 2.30. The molecular weight excluding hydrogens is 268 g/mol. The highest BCUT2D eigenvalue weighted by molar-refractivity contribution is 9.09. The van der Waals surface area contributed by atoms with Crippen LogP contribution in [0.5, 0.6) is 0 Å². The highest BCUT2D eigenvalue weighted by Crippen LogP contribution is 2.16. The average molecular weight is 291 g/mol. The number of halogens is 1. The van der Waals surface area contributed by atoms with Crippen molar-refractivity contribution in [2.45, 2.75) is 45.1 Å². The predicted octanol–water partition coefficient (Wildman–Crippen LogP) is 2.06. The Morgan fingerprint density at radius 1 is 1.50 bits per heavy atom. The number of hydrogen-bond acceptors (Lipinski definition) is 2. The van der Waals surface area contributed by atoms with Crippen LogP contribution in [0.15, 0.2) is 0 Å². The van der Waals surface area contributed by atoms with Crippen LogP contribution in [0.25, 0.3) is 0 Å². The van der Waals surface area contributed by atoms with Crippen molar-refractivity contribution in [3.05, 3.63) is 0 Å². The Hall–Kier alpha value is -0.0900. The maximum Gasteiger partial charge on any atom is 0.220 e. The standard InChI is InChI=1S/C12H23BrN2O/c1-2-10-6-8-14-9-11(10)15-12(16)5-3-4-7-13/h10-11,14H,2-9H2,1H3,(H,15,16). The zero-order valence-electron chi connectivity index (χ0n) is 10.1. The lowest BCUT2D eigenvalue weighted by molar-refractivity contribution is -0.122. The molecule has 0 saturated carbocycles. The molecule has 1 rings (SSSR count). The van der Waals surface area contributed by atoms with Crippen molar-refractivity contribution in [2.75, 3.05) is 18.4 Å². The van der Waals surface area contributed by atoms with Gasteiger partial charge in [-0.3, -0.25) is 4.79 Å². The molecule has 3 nitrogen and oxygen atoms in total. The summed E-state index contributed by atoms with van der Waals surface area (Å²) in [6.07, 6.45) is 5.07. The molecule has 94 valence electrons. The lowest BCUT2D eigenvalue weighted by Gasteiger charge is -2.32. The fourth-order valence-corrected chi connectivity index (χ4v) is 2.63. The van der Waals surface area contributed by atoms with E-state index in [-0.39, 0.29) is 5.91 Å². The van der Waals surface area contributed by atoms with Crippen LogP contribution in [-0.2, 0) is 4.79 Å². The minimum atomic E-state index is 0.216. The van der Waals surface area contributed by atoms with E-state index >= 15 is 0 Å². The van der Waals surface area contributed by atoms with Crippen LogP contribution < -0.4 is 10.6 Å². The molecule has 0 aromatic rings. The van der Waals surface area contributed by atoms with Gasteiger partial charge in [0.05, 0.1) is 0 Å². The molecular formula is C12H23BrN2O. The van der Waals surface area contributed by atoms with E-state index in [9.17, 15) is 4.79 Å². The molecule has 1 amide bonds. The predicted molar refractivity (Wildman–Crippen MR) is 70.8 cm³/mol. The molecule has 0 aliphatic carbocycles. The fraction of sp³-hybridized carbons (Fsp3) is 0.917. The van der Waals surface area contributed by atoms with Crippen LogP contribution in [0.4, 0.5) is 0 Å². The monoisotopic (exact) mass is 290 g/mol. The van der Waals surface area contributed by atoms with Crippen molar-refractivity contribution in [3.63, 3.8) is 0 Å². The lowest BCUT2D eigenvalue weighted by Crippen LogP contribution is -2.50. The van der Waals surface area contributed by atoms with E-state index in [1.165, 1.54) is 6.42 Å². The van der Waals surface area contributed by atoms with Crippen LogP contribution in [-0.4, -0.2) is 30.4 Å². The normalized spacial score (nSPS) is 25.4. The summed E-state index contributed by atoms with van der Waals surface area (Å²) in [5, 5.41) is 7.50. The quantitative estimate of drug-likeness (QED) is 0.581. The Morgan fingerprint density at radius 2 is 2.31 bits per heavy atom. The summed E-state index contributed by atoms with van der Waals surface area (Å²) in [6, 6.07) is 0.343. The second-order valence-corrected chi connectivity index (χ2v) is 5.27. The van der Waals surface area contributed by atoms with Gasteiger partial charge in [0, 0.05) is 24.3 Å². The molecule has 0 spiro atoms. The number of carbonyl (C=O) groups excluding carboxylic acids is 1. The Labute approximate surface area is 107 Å². The Kier molecular flexibility index (Phi) is 7.05. The van der Waals surface area contributed by atoms with Crippen molar-refractivity contribution in [1.82, 2.24) is 10.6 Å². The van der Waals surface area contributed by atoms with Crippen LogP contribution in [0.3, 0.4) is 0 Å². The molecule has 2 unspecified atom stereocenters. The topological polar surface area (TPSA) is 41.1 Å². The summed E-state index contributed by atoms with van der Waals surface area (Å²) in [5.41, 5.74) is 0. The van der Waals surface area contributed by atoms with Crippen LogP contribution in [0.1, 0.15) is 39.0 Å². The first-order valence-corrected chi connectivity index (χ1v) is 7.46. The summed E-state index contributed by atoms with van der Waals surface area (Å²) >= 11 is 3.38. The van der Waals surface area contributed by atoms with Gasteiger partial charge in [-0.25, -0.2) is 0 Å². The van der Waals surface area contributed by atoms with Gasteiger partial charge in [0.15, 0.2) is 0 Å². The smallest absolute Gasteiger partial charge is 0.220 e. The van der Waals surface area contributed by atoms with Crippen molar-refractivity contribution in [1.29, 1.82) is 0 Å². The summed E-state index contributed by atoms with van der Waals surface area (Å²) in [7, 11) is 0. The van der Waals surface area contributed by atoms with Crippen molar-refractivity contribution < 1.29 is 4.79 Å². The van der Waals surface area contributed by atoms with Gasteiger partial charge >= 0.3 is 0 Å². The molecule has 2 N–H and O–H groups in total. The minimum Gasteiger partial charge on any atom is -0.352 e. The Morgan fingerprint density at radius 3 is 3.00 bits per heavy atom. The number of nitrogens with one attached hydrogen (secondary N) is 2. The lowest BCUT2D eigenvalue weighted by atomic mass is 9.90. The molecule has 0 aromatic heterocycles. The summed E-state index contributed by atoms with van der Waals surface area (Å²) in [5.74, 6) is 0.870. The summed E-state index contributed by atoms with van der Waals surface area (Å²) in [4.78, 5) is 11.7. The molecule has 1 aliphatic rings. The molecule has 2 atom stereocenters. The van der Waals surface area contributed by atoms with E-state index < -0.39 is 0 Å². The first-order valence-electron chi connectivity index (χ1n) is 6.34. The SMILES string of the molecule is CCC1CCNCC1NC(=O)CCCCBr. The van der Waals surface area contributed by atoms with Gasteiger partial charge in [-0.15, -0.1) is 0 Å². The van der Waals surface area contributed by atoms with Crippen LogP contribution in [0.2, 0.25) is 0 Å². The fourth-order valence-electron chi connectivity index (χ4n) is 2.23. The molecule has 0 radical (unpaired) electrons. The number of carbonyl (C=O) groups is 1. The zero-order chi connectivity index (χ0) is 11.8. The number of rotatable bonds is 6. The Balaban J connectivity index is 2.25. The number of piperidine rings is 1. The molecule has 1 fully saturated rings. The molecule has 1 aliphatic heterocycles. The molecule has 4 heteroatoms. The molecule has 1 saturated heterocycles. The van der Waals surface area contributed by atoms with Crippen LogP contribution >= 0.6 is 15.9 Å². The third-order valence-electron chi connectivity index (χ3n) is 3.28. The van der Waals surface area contributed by atoms with Gasteiger partial charge in [-0.1, -0.05) is 29.3 Å². The van der Waals surface area contributed by atoms with Gasteiger partial charge in [0.25, 0.3) is 0 Å². The highest BCUT2D eigenvalue weighted by Gasteiger charge is 2.24. The number of hydrogen-bond donors (Lipinski definition) is 2.